The van der Waals surface area contributed by atoms with Crippen molar-refractivity contribution in [2.45, 2.75) is 25.4 Å². The Hall–Kier alpha value is 0.310. The van der Waals surface area contributed by atoms with Gasteiger partial charge in [-0.25, -0.2) is 12.7 Å². The van der Waals surface area contributed by atoms with Crippen LogP contribution in [0.2, 0.25) is 0 Å². The van der Waals surface area contributed by atoms with Crippen LogP contribution < -0.4 is 0 Å². The lowest BCUT2D eigenvalue weighted by Crippen LogP contribution is -2.39. The third-order valence-corrected chi connectivity index (χ3v) is 6.06. The van der Waals surface area contributed by atoms with Crippen molar-refractivity contribution >= 4 is 26.0 Å². The maximum Gasteiger partial charge on any atom is 0.216 e. The Morgan fingerprint density at radius 1 is 1.16 bits per heavy atom. The van der Waals surface area contributed by atoms with Gasteiger partial charge in [0.2, 0.25) is 10.0 Å². The molecule has 0 saturated carbocycles. The van der Waals surface area contributed by atoms with Crippen LogP contribution in [0.5, 0.6) is 0 Å². The zero-order chi connectivity index (χ0) is 13.7. The van der Waals surface area contributed by atoms with Crippen LogP contribution in [0.25, 0.3) is 0 Å². The lowest BCUT2D eigenvalue weighted by Gasteiger charge is -2.22. The van der Waals surface area contributed by atoms with Crippen molar-refractivity contribution in [2.75, 3.05) is 50.4 Å². The van der Waals surface area contributed by atoms with Gasteiger partial charge < -0.3 is 9.64 Å². The normalized spacial score (nSPS) is 27.5. The molecule has 0 aromatic carbocycles. The van der Waals surface area contributed by atoms with E-state index in [2.05, 4.69) is 20.8 Å². The van der Waals surface area contributed by atoms with E-state index in [-0.39, 0.29) is 11.9 Å². The summed E-state index contributed by atoms with van der Waals surface area (Å²) in [6, 6.07) is 0. The molecule has 2 heterocycles. The van der Waals surface area contributed by atoms with Gasteiger partial charge >= 0.3 is 0 Å². The second-order valence-corrected chi connectivity index (χ2v) is 8.00. The van der Waals surface area contributed by atoms with Gasteiger partial charge in [0.25, 0.3) is 0 Å². The second-order valence-electron chi connectivity index (χ2n) is 5.20. The smallest absolute Gasteiger partial charge is 0.216 e. The van der Waals surface area contributed by atoms with E-state index in [1.807, 2.05) is 0 Å². The van der Waals surface area contributed by atoms with Gasteiger partial charge in [-0.2, -0.15) is 0 Å². The van der Waals surface area contributed by atoms with Crippen LogP contribution in [0.3, 0.4) is 0 Å². The quantitative estimate of drug-likeness (QED) is 0.688. The zero-order valence-corrected chi connectivity index (χ0v) is 13.7. The molecule has 19 heavy (non-hydrogen) atoms. The standard InChI is InChI=1S/C12H23BrN2O3S/c13-4-7-14-5-2-6-15(9-8-14)19(16,17)11-12-3-1-10-18-12/h12H,1-11H2. The molecule has 1 atom stereocenters. The number of ether oxygens (including phenoxy) is 1. The Morgan fingerprint density at radius 3 is 2.68 bits per heavy atom. The van der Waals surface area contributed by atoms with Crippen molar-refractivity contribution in [3.63, 3.8) is 0 Å². The number of halogens is 1. The summed E-state index contributed by atoms with van der Waals surface area (Å²) in [4.78, 5) is 2.32. The third kappa shape index (κ3) is 4.67. The first-order valence-corrected chi connectivity index (χ1v) is 9.72. The van der Waals surface area contributed by atoms with Crippen LogP contribution in [0.1, 0.15) is 19.3 Å². The number of sulfonamides is 1. The Balaban J connectivity index is 1.88. The monoisotopic (exact) mass is 354 g/mol. The summed E-state index contributed by atoms with van der Waals surface area (Å²) in [6.07, 6.45) is 2.69. The van der Waals surface area contributed by atoms with E-state index in [0.29, 0.717) is 19.7 Å². The fraction of sp³-hybridized carbons (Fsp3) is 1.00. The molecule has 0 N–H and O–H groups in total. The largest absolute Gasteiger partial charge is 0.377 e. The van der Waals surface area contributed by atoms with Crippen molar-refractivity contribution in [3.05, 3.63) is 0 Å². The van der Waals surface area contributed by atoms with Crippen molar-refractivity contribution in [1.29, 1.82) is 0 Å². The van der Waals surface area contributed by atoms with Gasteiger partial charge in [-0.05, 0) is 25.8 Å². The molecule has 0 aromatic heterocycles. The molecule has 0 spiro atoms. The minimum absolute atomic E-state index is 0.0908. The Labute approximate surface area is 124 Å². The van der Waals surface area contributed by atoms with Gasteiger partial charge in [0, 0.05) is 38.1 Å². The number of rotatable bonds is 5. The molecule has 112 valence electrons. The first kappa shape index (κ1) is 15.7. The van der Waals surface area contributed by atoms with Crippen molar-refractivity contribution in [3.8, 4) is 0 Å². The number of nitrogens with zero attached hydrogens (tertiary/aromatic N) is 2. The van der Waals surface area contributed by atoms with E-state index in [9.17, 15) is 8.42 Å². The highest BCUT2D eigenvalue weighted by atomic mass is 79.9. The van der Waals surface area contributed by atoms with Crippen molar-refractivity contribution < 1.29 is 13.2 Å². The summed E-state index contributed by atoms with van der Waals surface area (Å²) in [6.45, 7) is 4.77. The van der Waals surface area contributed by atoms with Crippen molar-refractivity contribution in [1.82, 2.24) is 9.21 Å². The molecule has 2 rings (SSSR count). The zero-order valence-electron chi connectivity index (χ0n) is 11.3. The molecule has 0 aliphatic carbocycles. The van der Waals surface area contributed by atoms with Crippen LogP contribution in [0.4, 0.5) is 0 Å². The van der Waals surface area contributed by atoms with E-state index in [4.69, 9.17) is 4.74 Å². The summed E-state index contributed by atoms with van der Waals surface area (Å²) in [5.41, 5.74) is 0. The molecule has 2 saturated heterocycles. The number of alkyl halides is 1. The predicted octanol–water partition coefficient (Wildman–Crippen LogP) is 0.898. The van der Waals surface area contributed by atoms with Gasteiger partial charge in [0.15, 0.2) is 0 Å². The molecule has 0 bridgehead atoms. The second kappa shape index (κ2) is 7.36. The van der Waals surface area contributed by atoms with E-state index in [1.165, 1.54) is 0 Å². The average Bonchev–Trinajstić information content (AvgIpc) is 2.73. The molecule has 5 nitrogen and oxygen atoms in total. The van der Waals surface area contributed by atoms with Crippen LogP contribution in [0, 0.1) is 0 Å². The number of hydrogen-bond donors (Lipinski definition) is 0. The average molecular weight is 355 g/mol. The highest BCUT2D eigenvalue weighted by Crippen LogP contribution is 2.17. The first-order valence-electron chi connectivity index (χ1n) is 6.99. The maximum atomic E-state index is 12.4. The van der Waals surface area contributed by atoms with Gasteiger partial charge in [0.1, 0.15) is 0 Å². The first-order chi connectivity index (χ1) is 9.12. The van der Waals surface area contributed by atoms with Crippen LogP contribution >= 0.6 is 15.9 Å². The van der Waals surface area contributed by atoms with E-state index in [0.717, 1.165) is 44.2 Å². The van der Waals surface area contributed by atoms with Gasteiger partial charge in [0.05, 0.1) is 11.9 Å². The van der Waals surface area contributed by atoms with Gasteiger partial charge in [-0.1, -0.05) is 15.9 Å². The third-order valence-electron chi connectivity index (χ3n) is 3.76. The summed E-state index contributed by atoms with van der Waals surface area (Å²) in [7, 11) is -3.16. The molecule has 7 heteroatoms. The molecule has 0 aromatic rings. The van der Waals surface area contributed by atoms with E-state index < -0.39 is 10.0 Å². The SMILES string of the molecule is O=S(=O)(CC1CCCO1)N1CCCN(CCBr)CC1. The fourth-order valence-electron chi connectivity index (χ4n) is 2.68. The highest BCUT2D eigenvalue weighted by Gasteiger charge is 2.29. The summed E-state index contributed by atoms with van der Waals surface area (Å²) in [5, 5.41) is 0.940. The Kier molecular flexibility index (Phi) is 6.08. The molecule has 1 unspecified atom stereocenters. The molecular weight excluding hydrogens is 332 g/mol. The topological polar surface area (TPSA) is 49.9 Å². The lowest BCUT2D eigenvalue weighted by atomic mass is 10.3. The Bertz CT molecular complexity index is 371. The summed E-state index contributed by atoms with van der Waals surface area (Å²) >= 11 is 3.43. The highest BCUT2D eigenvalue weighted by molar-refractivity contribution is 9.09. The van der Waals surface area contributed by atoms with Crippen LogP contribution in [0.15, 0.2) is 0 Å². The lowest BCUT2D eigenvalue weighted by molar-refractivity contribution is 0.126. The minimum atomic E-state index is -3.16. The maximum absolute atomic E-state index is 12.4. The molecule has 2 aliphatic rings. The van der Waals surface area contributed by atoms with E-state index >= 15 is 0 Å². The molecule has 0 amide bonds. The molecular formula is C12H23BrN2O3S. The molecule has 2 fully saturated rings. The summed E-state index contributed by atoms with van der Waals surface area (Å²) < 4.78 is 31.9. The van der Waals surface area contributed by atoms with Crippen molar-refractivity contribution in [2.24, 2.45) is 0 Å². The van der Waals surface area contributed by atoms with Crippen LogP contribution in [-0.2, 0) is 14.8 Å². The molecule has 2 aliphatic heterocycles. The van der Waals surface area contributed by atoms with E-state index in [1.54, 1.807) is 4.31 Å². The van der Waals surface area contributed by atoms with Crippen LogP contribution in [-0.4, -0.2) is 74.1 Å². The molecule has 0 radical (unpaired) electrons. The van der Waals surface area contributed by atoms with Gasteiger partial charge in [-0.3, -0.25) is 0 Å². The number of hydrogen-bond acceptors (Lipinski definition) is 4. The minimum Gasteiger partial charge on any atom is -0.377 e. The Morgan fingerprint density at radius 2 is 2.00 bits per heavy atom. The predicted molar refractivity (Wildman–Crippen MR) is 79.2 cm³/mol. The fourth-order valence-corrected chi connectivity index (χ4v) is 4.90. The summed E-state index contributed by atoms with van der Waals surface area (Å²) in [5.74, 6) is 0.158. The van der Waals surface area contributed by atoms with Gasteiger partial charge in [-0.15, -0.1) is 0 Å².